The van der Waals surface area contributed by atoms with Gasteiger partial charge >= 0.3 is 0 Å². The van der Waals surface area contributed by atoms with Crippen LogP contribution >= 0.6 is 0 Å². The SMILES string of the molecule is CN1CCN(C[C@H](F)CO)CC1. The Kier molecular flexibility index (Phi) is 3.91. The van der Waals surface area contributed by atoms with Crippen molar-refractivity contribution in [2.45, 2.75) is 6.17 Å². The van der Waals surface area contributed by atoms with Crippen LogP contribution in [-0.2, 0) is 0 Å². The molecule has 1 N–H and O–H groups in total. The van der Waals surface area contributed by atoms with E-state index in [1.165, 1.54) is 0 Å². The summed E-state index contributed by atoms with van der Waals surface area (Å²) in [6.45, 7) is 3.85. The summed E-state index contributed by atoms with van der Waals surface area (Å²) >= 11 is 0. The second kappa shape index (κ2) is 4.74. The Bertz CT molecular complexity index is 126. The zero-order valence-corrected chi connectivity index (χ0v) is 7.54. The third kappa shape index (κ3) is 3.05. The lowest BCUT2D eigenvalue weighted by Crippen LogP contribution is -2.46. The lowest BCUT2D eigenvalue weighted by atomic mass is 10.3. The molecule has 0 unspecified atom stereocenters. The highest BCUT2D eigenvalue weighted by Gasteiger charge is 2.16. The molecule has 0 bridgehead atoms. The minimum Gasteiger partial charge on any atom is -0.393 e. The number of rotatable bonds is 3. The molecule has 1 aliphatic heterocycles. The van der Waals surface area contributed by atoms with E-state index in [2.05, 4.69) is 16.8 Å². The number of nitrogens with zero attached hydrogens (tertiary/aromatic N) is 2. The second-order valence-electron chi connectivity index (χ2n) is 3.38. The van der Waals surface area contributed by atoms with Crippen LogP contribution in [0.1, 0.15) is 0 Å². The van der Waals surface area contributed by atoms with E-state index in [4.69, 9.17) is 5.11 Å². The molecule has 0 spiro atoms. The summed E-state index contributed by atoms with van der Waals surface area (Å²) in [5.74, 6) is 0. The highest BCUT2D eigenvalue weighted by molar-refractivity contribution is 4.71. The Morgan fingerprint density at radius 3 is 2.42 bits per heavy atom. The van der Waals surface area contributed by atoms with E-state index in [9.17, 15) is 4.39 Å². The van der Waals surface area contributed by atoms with E-state index in [-0.39, 0.29) is 6.61 Å². The van der Waals surface area contributed by atoms with Gasteiger partial charge in [0, 0.05) is 32.7 Å². The van der Waals surface area contributed by atoms with Gasteiger partial charge in [0.15, 0.2) is 0 Å². The topological polar surface area (TPSA) is 26.7 Å². The average molecular weight is 176 g/mol. The fourth-order valence-corrected chi connectivity index (χ4v) is 1.37. The van der Waals surface area contributed by atoms with Gasteiger partial charge < -0.3 is 10.0 Å². The van der Waals surface area contributed by atoms with Crippen molar-refractivity contribution < 1.29 is 9.50 Å². The van der Waals surface area contributed by atoms with Gasteiger partial charge in [0.2, 0.25) is 0 Å². The molecule has 0 amide bonds. The third-order valence-electron chi connectivity index (χ3n) is 2.25. The van der Waals surface area contributed by atoms with E-state index in [1.807, 2.05) is 0 Å². The number of piperazine rings is 1. The van der Waals surface area contributed by atoms with Crippen LogP contribution < -0.4 is 0 Å². The van der Waals surface area contributed by atoms with Gasteiger partial charge in [-0.1, -0.05) is 0 Å². The van der Waals surface area contributed by atoms with Crippen LogP contribution in [0.5, 0.6) is 0 Å². The Labute approximate surface area is 72.8 Å². The zero-order chi connectivity index (χ0) is 8.97. The van der Waals surface area contributed by atoms with Crippen molar-refractivity contribution in [3.63, 3.8) is 0 Å². The molecule has 3 nitrogen and oxygen atoms in total. The normalized spacial score (nSPS) is 24.2. The number of hydrogen-bond acceptors (Lipinski definition) is 3. The maximum absolute atomic E-state index is 12.7. The smallest absolute Gasteiger partial charge is 0.136 e. The van der Waals surface area contributed by atoms with Crippen molar-refractivity contribution in [2.24, 2.45) is 0 Å². The van der Waals surface area contributed by atoms with Crippen LogP contribution in [0.2, 0.25) is 0 Å². The van der Waals surface area contributed by atoms with Crippen molar-refractivity contribution in [3.8, 4) is 0 Å². The van der Waals surface area contributed by atoms with Gasteiger partial charge in [-0.25, -0.2) is 4.39 Å². The second-order valence-corrected chi connectivity index (χ2v) is 3.38. The third-order valence-corrected chi connectivity index (χ3v) is 2.25. The van der Waals surface area contributed by atoms with Crippen LogP contribution in [0.25, 0.3) is 0 Å². The lowest BCUT2D eigenvalue weighted by Gasteiger charge is -2.32. The van der Waals surface area contributed by atoms with Gasteiger partial charge in [-0.05, 0) is 7.05 Å². The maximum atomic E-state index is 12.7. The molecule has 0 aromatic rings. The van der Waals surface area contributed by atoms with E-state index in [0.29, 0.717) is 6.54 Å². The number of likely N-dealkylation sites (N-methyl/N-ethyl adjacent to an activating group) is 1. The molecular formula is C8H17FN2O. The average Bonchev–Trinajstić information content (AvgIpc) is 2.09. The first-order chi connectivity index (χ1) is 5.72. The van der Waals surface area contributed by atoms with E-state index in [1.54, 1.807) is 0 Å². The molecule has 0 radical (unpaired) electrons. The molecule has 0 aliphatic carbocycles. The number of hydrogen-bond donors (Lipinski definition) is 1. The quantitative estimate of drug-likeness (QED) is 0.632. The summed E-state index contributed by atoms with van der Waals surface area (Å²) in [6.07, 6.45) is -1.08. The summed E-state index contributed by atoms with van der Waals surface area (Å²) in [7, 11) is 2.07. The molecule has 0 saturated carbocycles. The molecule has 1 atom stereocenters. The van der Waals surface area contributed by atoms with Crippen LogP contribution in [0.4, 0.5) is 4.39 Å². The van der Waals surface area contributed by atoms with Gasteiger partial charge in [0.25, 0.3) is 0 Å². The molecule has 4 heteroatoms. The van der Waals surface area contributed by atoms with E-state index in [0.717, 1.165) is 26.2 Å². The number of halogens is 1. The van der Waals surface area contributed by atoms with E-state index < -0.39 is 6.17 Å². The molecule has 0 aromatic heterocycles. The fraction of sp³-hybridized carbons (Fsp3) is 1.00. The molecule has 72 valence electrons. The molecule has 1 aliphatic rings. The Hall–Kier alpha value is -0.190. The van der Waals surface area contributed by atoms with Gasteiger partial charge in [-0.3, -0.25) is 4.90 Å². The largest absolute Gasteiger partial charge is 0.393 e. The van der Waals surface area contributed by atoms with E-state index >= 15 is 0 Å². The molecule has 1 fully saturated rings. The molecule has 1 heterocycles. The zero-order valence-electron chi connectivity index (χ0n) is 7.54. The number of aliphatic hydroxyl groups excluding tert-OH is 1. The van der Waals surface area contributed by atoms with Gasteiger partial charge in [0.05, 0.1) is 6.61 Å². The number of alkyl halides is 1. The van der Waals surface area contributed by atoms with Crippen LogP contribution in [0.15, 0.2) is 0 Å². The van der Waals surface area contributed by atoms with Crippen LogP contribution in [-0.4, -0.2) is 67.5 Å². The molecule has 12 heavy (non-hydrogen) atoms. The lowest BCUT2D eigenvalue weighted by molar-refractivity contribution is 0.0928. The van der Waals surface area contributed by atoms with Crippen molar-refractivity contribution in [1.82, 2.24) is 9.80 Å². The highest BCUT2D eigenvalue weighted by atomic mass is 19.1. The minimum atomic E-state index is -1.08. The Balaban J connectivity index is 2.17. The van der Waals surface area contributed by atoms with Crippen molar-refractivity contribution in [1.29, 1.82) is 0 Å². The Morgan fingerprint density at radius 2 is 1.92 bits per heavy atom. The van der Waals surface area contributed by atoms with Crippen molar-refractivity contribution >= 4 is 0 Å². The predicted octanol–water partition coefficient (Wildman–Crippen LogP) is -0.436. The summed E-state index contributed by atoms with van der Waals surface area (Å²) < 4.78 is 12.7. The van der Waals surface area contributed by atoms with Crippen molar-refractivity contribution in [3.05, 3.63) is 0 Å². The van der Waals surface area contributed by atoms with Crippen LogP contribution in [0.3, 0.4) is 0 Å². The number of aliphatic hydroxyl groups is 1. The molecule has 0 aromatic carbocycles. The molecule has 1 saturated heterocycles. The van der Waals surface area contributed by atoms with Crippen LogP contribution in [0, 0.1) is 0 Å². The van der Waals surface area contributed by atoms with Gasteiger partial charge in [-0.15, -0.1) is 0 Å². The summed E-state index contributed by atoms with van der Waals surface area (Å²) in [5.41, 5.74) is 0. The molecule has 1 rings (SSSR count). The summed E-state index contributed by atoms with van der Waals surface area (Å²) in [4.78, 5) is 4.28. The van der Waals surface area contributed by atoms with Gasteiger partial charge in [-0.2, -0.15) is 0 Å². The standard InChI is InChI=1S/C8H17FN2O/c1-10-2-4-11(5-3-10)6-8(9)7-12/h8,12H,2-7H2,1H3/t8-/m0/s1. The summed E-state index contributed by atoms with van der Waals surface area (Å²) in [6, 6.07) is 0. The first kappa shape index (κ1) is 9.89. The highest BCUT2D eigenvalue weighted by Crippen LogP contribution is 2.01. The minimum absolute atomic E-state index is 0.355. The first-order valence-electron chi connectivity index (χ1n) is 4.38. The Morgan fingerprint density at radius 1 is 1.33 bits per heavy atom. The van der Waals surface area contributed by atoms with Crippen molar-refractivity contribution in [2.75, 3.05) is 46.4 Å². The maximum Gasteiger partial charge on any atom is 0.136 e. The molecular weight excluding hydrogens is 159 g/mol. The van der Waals surface area contributed by atoms with Gasteiger partial charge in [0.1, 0.15) is 6.17 Å². The monoisotopic (exact) mass is 176 g/mol. The predicted molar refractivity (Wildman–Crippen MR) is 45.9 cm³/mol. The first-order valence-corrected chi connectivity index (χ1v) is 4.38. The fourth-order valence-electron chi connectivity index (χ4n) is 1.37. The summed E-state index contributed by atoms with van der Waals surface area (Å²) in [5, 5.41) is 8.51.